The van der Waals surface area contributed by atoms with E-state index in [1.54, 1.807) is 18.6 Å². The standard InChI is InChI=1S/C13H10ClN5O/c14-9-1-3-10(4-2-9)17-8-12-18-13(19-20-12)11-7-15-5-6-16-11/h1-7,17H,8H2. The third-order valence-electron chi connectivity index (χ3n) is 2.55. The predicted octanol–water partition coefficient (Wildman–Crippen LogP) is 2.79. The van der Waals surface area contributed by atoms with Gasteiger partial charge in [0, 0.05) is 23.1 Å². The molecule has 0 saturated carbocycles. The van der Waals surface area contributed by atoms with Gasteiger partial charge in [-0.25, -0.2) is 4.98 Å². The Bertz CT molecular complexity index is 683. The first kappa shape index (κ1) is 12.6. The molecule has 0 fully saturated rings. The Balaban J connectivity index is 1.67. The van der Waals surface area contributed by atoms with E-state index in [4.69, 9.17) is 16.1 Å². The van der Waals surface area contributed by atoms with Crippen LogP contribution in [0.3, 0.4) is 0 Å². The van der Waals surface area contributed by atoms with Crippen molar-refractivity contribution in [3.8, 4) is 11.5 Å². The molecule has 0 aliphatic carbocycles. The third kappa shape index (κ3) is 2.92. The van der Waals surface area contributed by atoms with Crippen molar-refractivity contribution >= 4 is 17.3 Å². The van der Waals surface area contributed by atoms with Crippen LogP contribution in [0.2, 0.25) is 5.02 Å². The zero-order valence-electron chi connectivity index (χ0n) is 10.3. The predicted molar refractivity (Wildman–Crippen MR) is 74.1 cm³/mol. The number of rotatable bonds is 4. The maximum Gasteiger partial charge on any atom is 0.246 e. The van der Waals surface area contributed by atoms with Crippen molar-refractivity contribution in [1.29, 1.82) is 0 Å². The van der Waals surface area contributed by atoms with Crippen LogP contribution in [0.25, 0.3) is 11.5 Å². The summed E-state index contributed by atoms with van der Waals surface area (Å²) in [5, 5.41) is 7.72. The van der Waals surface area contributed by atoms with Crippen LogP contribution in [-0.4, -0.2) is 20.1 Å². The van der Waals surface area contributed by atoms with E-state index < -0.39 is 0 Å². The Morgan fingerprint density at radius 1 is 1.15 bits per heavy atom. The second-order valence-electron chi connectivity index (χ2n) is 3.96. The number of hydrogen-bond acceptors (Lipinski definition) is 6. The lowest BCUT2D eigenvalue weighted by Crippen LogP contribution is -1.99. The molecule has 0 bridgehead atoms. The molecule has 3 aromatic rings. The molecule has 0 unspecified atom stereocenters. The topological polar surface area (TPSA) is 76.7 Å². The van der Waals surface area contributed by atoms with Crippen molar-refractivity contribution in [3.63, 3.8) is 0 Å². The van der Waals surface area contributed by atoms with Gasteiger partial charge >= 0.3 is 0 Å². The van der Waals surface area contributed by atoms with E-state index in [0.29, 0.717) is 29.0 Å². The molecule has 0 amide bonds. The third-order valence-corrected chi connectivity index (χ3v) is 2.80. The van der Waals surface area contributed by atoms with E-state index >= 15 is 0 Å². The minimum Gasteiger partial charge on any atom is -0.376 e. The zero-order valence-corrected chi connectivity index (χ0v) is 11.1. The van der Waals surface area contributed by atoms with E-state index in [2.05, 4.69) is 25.4 Å². The fraction of sp³-hybridized carbons (Fsp3) is 0.0769. The normalized spacial score (nSPS) is 10.4. The van der Waals surface area contributed by atoms with Gasteiger partial charge in [-0.3, -0.25) is 4.98 Å². The second kappa shape index (κ2) is 5.66. The molecule has 1 aromatic carbocycles. The molecular weight excluding hydrogens is 278 g/mol. The van der Waals surface area contributed by atoms with Crippen LogP contribution in [0, 0.1) is 0 Å². The van der Waals surface area contributed by atoms with Crippen molar-refractivity contribution < 1.29 is 4.52 Å². The largest absolute Gasteiger partial charge is 0.376 e. The first-order chi connectivity index (χ1) is 9.81. The Morgan fingerprint density at radius 2 is 2.00 bits per heavy atom. The minimum atomic E-state index is 0.422. The number of anilines is 1. The Labute approximate surface area is 119 Å². The summed E-state index contributed by atoms with van der Waals surface area (Å²) in [7, 11) is 0. The Kier molecular flexibility index (Phi) is 3.56. The molecule has 0 saturated heterocycles. The fourth-order valence-electron chi connectivity index (χ4n) is 1.59. The summed E-state index contributed by atoms with van der Waals surface area (Å²) < 4.78 is 5.15. The Hall–Kier alpha value is -2.47. The highest BCUT2D eigenvalue weighted by molar-refractivity contribution is 6.30. The highest BCUT2D eigenvalue weighted by Gasteiger charge is 2.09. The molecule has 2 aromatic heterocycles. The SMILES string of the molecule is Clc1ccc(NCc2nc(-c3cnccn3)no2)cc1. The van der Waals surface area contributed by atoms with E-state index in [1.165, 1.54) is 0 Å². The Morgan fingerprint density at radius 3 is 2.75 bits per heavy atom. The van der Waals surface area contributed by atoms with Gasteiger partial charge in [-0.2, -0.15) is 4.98 Å². The summed E-state index contributed by atoms with van der Waals surface area (Å²) in [6.45, 7) is 0.425. The van der Waals surface area contributed by atoms with Crippen LogP contribution in [0.4, 0.5) is 5.69 Å². The summed E-state index contributed by atoms with van der Waals surface area (Å²) in [6.07, 6.45) is 4.76. The van der Waals surface area contributed by atoms with Gasteiger partial charge in [-0.15, -0.1) is 0 Å². The van der Waals surface area contributed by atoms with Crippen molar-refractivity contribution in [2.45, 2.75) is 6.54 Å². The van der Waals surface area contributed by atoms with Gasteiger partial charge in [0.05, 0.1) is 12.7 Å². The molecule has 0 radical (unpaired) electrons. The first-order valence-electron chi connectivity index (χ1n) is 5.90. The van der Waals surface area contributed by atoms with Crippen LogP contribution in [0.1, 0.15) is 5.89 Å². The molecule has 2 heterocycles. The van der Waals surface area contributed by atoms with Crippen LogP contribution in [0.15, 0.2) is 47.4 Å². The molecule has 100 valence electrons. The summed E-state index contributed by atoms with van der Waals surface area (Å²) >= 11 is 5.82. The van der Waals surface area contributed by atoms with Gasteiger partial charge in [0.1, 0.15) is 5.69 Å². The highest BCUT2D eigenvalue weighted by atomic mass is 35.5. The number of aromatic nitrogens is 4. The molecule has 7 heteroatoms. The summed E-state index contributed by atoms with van der Waals surface area (Å²) in [5.74, 6) is 0.895. The molecule has 1 N–H and O–H groups in total. The summed E-state index contributed by atoms with van der Waals surface area (Å²) in [4.78, 5) is 12.3. The van der Waals surface area contributed by atoms with Crippen molar-refractivity contribution in [2.75, 3.05) is 5.32 Å². The molecule has 3 rings (SSSR count). The van der Waals surface area contributed by atoms with Gasteiger partial charge in [-0.05, 0) is 24.3 Å². The molecule has 0 aliphatic heterocycles. The second-order valence-corrected chi connectivity index (χ2v) is 4.40. The fourth-order valence-corrected chi connectivity index (χ4v) is 1.72. The lowest BCUT2D eigenvalue weighted by molar-refractivity contribution is 0.384. The van der Waals surface area contributed by atoms with Gasteiger partial charge in [-0.1, -0.05) is 16.8 Å². The first-order valence-corrected chi connectivity index (χ1v) is 6.27. The number of hydrogen-bond donors (Lipinski definition) is 1. The average molecular weight is 288 g/mol. The smallest absolute Gasteiger partial charge is 0.246 e. The average Bonchev–Trinajstić information content (AvgIpc) is 2.97. The van der Waals surface area contributed by atoms with Gasteiger partial charge in [0.15, 0.2) is 0 Å². The van der Waals surface area contributed by atoms with Crippen LogP contribution >= 0.6 is 11.6 Å². The minimum absolute atomic E-state index is 0.422. The van der Waals surface area contributed by atoms with E-state index in [1.807, 2.05) is 24.3 Å². The van der Waals surface area contributed by atoms with Crippen molar-refractivity contribution in [3.05, 3.63) is 53.8 Å². The number of benzene rings is 1. The van der Waals surface area contributed by atoms with E-state index in [-0.39, 0.29) is 0 Å². The van der Waals surface area contributed by atoms with Crippen molar-refractivity contribution in [2.24, 2.45) is 0 Å². The maximum atomic E-state index is 5.82. The van der Waals surface area contributed by atoms with Crippen LogP contribution < -0.4 is 5.32 Å². The lowest BCUT2D eigenvalue weighted by atomic mass is 10.3. The molecule has 6 nitrogen and oxygen atoms in total. The number of nitrogens with zero attached hydrogens (tertiary/aromatic N) is 4. The summed E-state index contributed by atoms with van der Waals surface area (Å²) in [5.41, 5.74) is 1.50. The molecule has 0 atom stereocenters. The molecular formula is C13H10ClN5O. The summed E-state index contributed by atoms with van der Waals surface area (Å²) in [6, 6.07) is 7.37. The van der Waals surface area contributed by atoms with Crippen LogP contribution in [0.5, 0.6) is 0 Å². The van der Waals surface area contributed by atoms with Gasteiger partial charge in [0.2, 0.25) is 11.7 Å². The monoisotopic (exact) mass is 287 g/mol. The van der Waals surface area contributed by atoms with Crippen LogP contribution in [-0.2, 0) is 6.54 Å². The highest BCUT2D eigenvalue weighted by Crippen LogP contribution is 2.15. The van der Waals surface area contributed by atoms with Crippen molar-refractivity contribution in [1.82, 2.24) is 20.1 Å². The number of nitrogens with one attached hydrogen (secondary N) is 1. The quantitative estimate of drug-likeness (QED) is 0.795. The lowest BCUT2D eigenvalue weighted by Gasteiger charge is -2.02. The van der Waals surface area contributed by atoms with E-state index in [0.717, 1.165) is 5.69 Å². The number of halogens is 1. The maximum absolute atomic E-state index is 5.82. The zero-order chi connectivity index (χ0) is 13.8. The van der Waals surface area contributed by atoms with Gasteiger partial charge < -0.3 is 9.84 Å². The van der Waals surface area contributed by atoms with E-state index in [9.17, 15) is 0 Å². The van der Waals surface area contributed by atoms with Gasteiger partial charge in [0.25, 0.3) is 0 Å². The molecule has 20 heavy (non-hydrogen) atoms. The molecule has 0 spiro atoms. The molecule has 0 aliphatic rings.